The van der Waals surface area contributed by atoms with E-state index in [1.165, 1.54) is 0 Å². The number of nitrogens with two attached hydrogens (primary N) is 1. The molecule has 6 nitrogen and oxygen atoms in total. The second kappa shape index (κ2) is 7.86. The molecule has 0 radical (unpaired) electrons. The van der Waals surface area contributed by atoms with Crippen LogP contribution in [0.15, 0.2) is 24.3 Å². The molecule has 0 saturated carbocycles. The number of rotatable bonds is 8. The fourth-order valence-corrected chi connectivity index (χ4v) is 1.83. The number of carbonyl (C=O) groups excluding carboxylic acids is 1. The molecule has 0 bridgehead atoms. The first kappa shape index (κ1) is 16.5. The first-order valence-electron chi connectivity index (χ1n) is 6.44. The zero-order valence-electron chi connectivity index (χ0n) is 11.5. The van der Waals surface area contributed by atoms with E-state index in [2.05, 4.69) is 12.2 Å². The third-order valence-electron chi connectivity index (χ3n) is 2.56. The number of sulfonamides is 1. The third-order valence-corrected chi connectivity index (χ3v) is 3.33. The van der Waals surface area contributed by atoms with Gasteiger partial charge in [-0.1, -0.05) is 13.3 Å². The molecule has 1 amide bonds. The van der Waals surface area contributed by atoms with Crippen molar-refractivity contribution in [3.8, 4) is 5.75 Å². The topological polar surface area (TPSA) is 98.5 Å². The van der Waals surface area contributed by atoms with Gasteiger partial charge in [-0.05, 0) is 30.7 Å². The minimum Gasteiger partial charge on any atom is -0.494 e. The Kier molecular flexibility index (Phi) is 6.47. The summed E-state index contributed by atoms with van der Waals surface area (Å²) in [7, 11) is -3.56. The smallest absolute Gasteiger partial charge is 0.251 e. The fraction of sp³-hybridized carbons (Fsp3) is 0.462. The highest BCUT2D eigenvalue weighted by Gasteiger charge is 2.07. The van der Waals surface area contributed by atoms with Crippen LogP contribution in [0.4, 0.5) is 0 Å². The number of primary sulfonamides is 1. The largest absolute Gasteiger partial charge is 0.494 e. The molecule has 0 aliphatic rings. The Labute approximate surface area is 119 Å². The van der Waals surface area contributed by atoms with E-state index >= 15 is 0 Å². The molecule has 0 aliphatic carbocycles. The molecule has 1 aromatic rings. The molecule has 0 aromatic heterocycles. The van der Waals surface area contributed by atoms with Crippen molar-refractivity contribution in [2.75, 3.05) is 18.9 Å². The van der Waals surface area contributed by atoms with Crippen molar-refractivity contribution in [3.05, 3.63) is 29.8 Å². The quantitative estimate of drug-likeness (QED) is 0.696. The van der Waals surface area contributed by atoms with E-state index in [4.69, 9.17) is 9.88 Å². The summed E-state index contributed by atoms with van der Waals surface area (Å²) in [5, 5.41) is 7.33. The van der Waals surface area contributed by atoms with E-state index in [1.54, 1.807) is 24.3 Å². The Hall–Kier alpha value is -1.60. The number of benzene rings is 1. The molecule has 0 spiro atoms. The van der Waals surface area contributed by atoms with E-state index in [9.17, 15) is 13.2 Å². The predicted octanol–water partition coefficient (Wildman–Crippen LogP) is 0.884. The van der Waals surface area contributed by atoms with Gasteiger partial charge in [0.2, 0.25) is 10.0 Å². The molecule has 0 saturated heterocycles. The van der Waals surface area contributed by atoms with Gasteiger partial charge >= 0.3 is 0 Å². The molecule has 0 heterocycles. The van der Waals surface area contributed by atoms with Crippen LogP contribution in [0.1, 0.15) is 30.1 Å². The molecular formula is C13H20N2O4S. The van der Waals surface area contributed by atoms with Crippen molar-refractivity contribution >= 4 is 15.9 Å². The van der Waals surface area contributed by atoms with Crippen molar-refractivity contribution in [2.45, 2.75) is 19.8 Å². The van der Waals surface area contributed by atoms with Gasteiger partial charge in [0, 0.05) is 12.1 Å². The Morgan fingerprint density at radius 1 is 1.30 bits per heavy atom. The maximum absolute atomic E-state index is 11.7. The van der Waals surface area contributed by atoms with E-state index in [0.717, 1.165) is 12.8 Å². The predicted molar refractivity (Wildman–Crippen MR) is 77.2 cm³/mol. The highest BCUT2D eigenvalue weighted by Crippen LogP contribution is 2.12. The minimum atomic E-state index is -3.56. The molecule has 1 rings (SSSR count). The fourth-order valence-electron chi connectivity index (χ4n) is 1.45. The van der Waals surface area contributed by atoms with Gasteiger partial charge in [0.25, 0.3) is 5.91 Å². The molecule has 3 N–H and O–H groups in total. The standard InChI is InChI=1S/C13H20N2O4S/c1-2-3-9-19-12-6-4-11(5-7-12)13(16)15-8-10-20(14,17)18/h4-7H,2-3,8-10H2,1H3,(H,15,16)(H2,14,17,18). The summed E-state index contributed by atoms with van der Waals surface area (Å²) in [5.41, 5.74) is 0.447. The van der Waals surface area contributed by atoms with Gasteiger partial charge in [0.05, 0.1) is 12.4 Å². The lowest BCUT2D eigenvalue weighted by molar-refractivity contribution is 0.0956. The molecular weight excluding hydrogens is 280 g/mol. The lowest BCUT2D eigenvalue weighted by Crippen LogP contribution is -2.31. The van der Waals surface area contributed by atoms with Crippen molar-refractivity contribution in [3.63, 3.8) is 0 Å². The summed E-state index contributed by atoms with van der Waals surface area (Å²) >= 11 is 0. The van der Waals surface area contributed by atoms with E-state index in [-0.39, 0.29) is 18.2 Å². The maximum atomic E-state index is 11.7. The zero-order chi connectivity index (χ0) is 15.0. The molecule has 0 unspecified atom stereocenters. The van der Waals surface area contributed by atoms with Gasteiger partial charge in [0.15, 0.2) is 0 Å². The van der Waals surface area contributed by atoms with Crippen LogP contribution in [0.25, 0.3) is 0 Å². The SMILES string of the molecule is CCCCOc1ccc(C(=O)NCCS(N)(=O)=O)cc1. The van der Waals surface area contributed by atoms with E-state index in [1.807, 2.05) is 0 Å². The van der Waals surface area contributed by atoms with Crippen molar-refractivity contribution < 1.29 is 17.9 Å². The number of hydrogen-bond donors (Lipinski definition) is 2. The van der Waals surface area contributed by atoms with Crippen LogP contribution >= 0.6 is 0 Å². The summed E-state index contributed by atoms with van der Waals surface area (Å²) in [5.74, 6) is 0.0880. The number of carbonyl (C=O) groups is 1. The zero-order valence-corrected chi connectivity index (χ0v) is 12.3. The van der Waals surface area contributed by atoms with Gasteiger partial charge in [-0.2, -0.15) is 0 Å². The summed E-state index contributed by atoms with van der Waals surface area (Å²) in [6, 6.07) is 6.69. The number of ether oxygens (including phenoxy) is 1. The summed E-state index contributed by atoms with van der Waals surface area (Å²) in [6.07, 6.45) is 2.04. The maximum Gasteiger partial charge on any atom is 0.251 e. The Bertz CT molecular complexity index is 526. The number of nitrogens with one attached hydrogen (secondary N) is 1. The molecule has 112 valence electrons. The van der Waals surface area contributed by atoms with Crippen molar-refractivity contribution in [1.82, 2.24) is 5.32 Å². The Balaban J connectivity index is 2.45. The average Bonchev–Trinajstić information content (AvgIpc) is 2.38. The Morgan fingerprint density at radius 2 is 1.95 bits per heavy atom. The molecule has 0 aliphatic heterocycles. The second-order valence-corrected chi connectivity index (χ2v) is 6.08. The van der Waals surface area contributed by atoms with Crippen LogP contribution in [-0.2, 0) is 10.0 Å². The van der Waals surface area contributed by atoms with Crippen LogP contribution in [0, 0.1) is 0 Å². The summed E-state index contributed by atoms with van der Waals surface area (Å²) in [4.78, 5) is 11.7. The van der Waals surface area contributed by atoms with Gasteiger partial charge in [-0.25, -0.2) is 13.6 Å². The van der Waals surface area contributed by atoms with Gasteiger partial charge in [-0.3, -0.25) is 4.79 Å². The molecule has 20 heavy (non-hydrogen) atoms. The van der Waals surface area contributed by atoms with E-state index in [0.29, 0.717) is 17.9 Å². The van der Waals surface area contributed by atoms with Crippen LogP contribution in [-0.4, -0.2) is 33.2 Å². The van der Waals surface area contributed by atoms with Crippen LogP contribution in [0.5, 0.6) is 5.75 Å². The minimum absolute atomic E-state index is 0.00752. The van der Waals surface area contributed by atoms with Crippen LogP contribution < -0.4 is 15.2 Å². The molecule has 7 heteroatoms. The number of hydrogen-bond acceptors (Lipinski definition) is 4. The highest BCUT2D eigenvalue weighted by molar-refractivity contribution is 7.89. The number of amides is 1. The van der Waals surface area contributed by atoms with Crippen LogP contribution in [0.2, 0.25) is 0 Å². The van der Waals surface area contributed by atoms with Crippen LogP contribution in [0.3, 0.4) is 0 Å². The summed E-state index contributed by atoms with van der Waals surface area (Å²) < 4.78 is 26.9. The van der Waals surface area contributed by atoms with Gasteiger partial charge in [-0.15, -0.1) is 0 Å². The molecule has 1 aromatic carbocycles. The molecule has 0 atom stereocenters. The second-order valence-electron chi connectivity index (χ2n) is 4.35. The van der Waals surface area contributed by atoms with Gasteiger partial charge in [0.1, 0.15) is 5.75 Å². The van der Waals surface area contributed by atoms with Crippen molar-refractivity contribution in [2.24, 2.45) is 5.14 Å². The monoisotopic (exact) mass is 300 g/mol. The van der Waals surface area contributed by atoms with Crippen molar-refractivity contribution in [1.29, 1.82) is 0 Å². The number of unbranched alkanes of at least 4 members (excludes halogenated alkanes) is 1. The first-order chi connectivity index (χ1) is 9.42. The molecule has 0 fully saturated rings. The van der Waals surface area contributed by atoms with Gasteiger partial charge < -0.3 is 10.1 Å². The third kappa shape index (κ3) is 6.53. The first-order valence-corrected chi connectivity index (χ1v) is 8.15. The summed E-state index contributed by atoms with van der Waals surface area (Å²) in [6.45, 7) is 2.72. The normalized spacial score (nSPS) is 11.1. The lowest BCUT2D eigenvalue weighted by Gasteiger charge is -2.07. The van der Waals surface area contributed by atoms with E-state index < -0.39 is 10.0 Å². The lowest BCUT2D eigenvalue weighted by atomic mass is 10.2. The Morgan fingerprint density at radius 3 is 2.50 bits per heavy atom. The highest BCUT2D eigenvalue weighted by atomic mass is 32.2. The average molecular weight is 300 g/mol.